The molecule has 0 radical (unpaired) electrons. The van der Waals surface area contributed by atoms with Crippen LogP contribution in [0.1, 0.15) is 106 Å². The van der Waals surface area contributed by atoms with Crippen molar-refractivity contribution >= 4 is 53.6 Å². The maximum absolute atomic E-state index is 14.4. The molecular weight excluding hydrogens is 931 g/mol. The van der Waals surface area contributed by atoms with Crippen LogP contribution >= 0.6 is 0 Å². The summed E-state index contributed by atoms with van der Waals surface area (Å²) in [5.74, 6) is -3.94. The SMILES string of the molecule is CC(=O)N[C@H]1CNC(=O)/C=C/[C@H](Cc2ccc(OC(C)(C)C)cc2)NC(=O)[C@@H](Cc2ccccc2)NC(=O)C(O)[C@H](CCCN=C(NC(=O)OC(C)(C)C)NC(=O)OC(C)(C)C)NC(=O)[C@@H]2CCCN2C1=O. The quantitative estimate of drug-likeness (QED) is 0.0970. The lowest BCUT2D eigenvalue weighted by Crippen LogP contribution is -2.59. The zero-order valence-corrected chi connectivity index (χ0v) is 43.0. The van der Waals surface area contributed by atoms with Gasteiger partial charge in [-0.05, 0) is 118 Å². The number of benzene rings is 2. The van der Waals surface area contributed by atoms with E-state index in [2.05, 4.69) is 42.2 Å². The molecule has 8 amide bonds. The van der Waals surface area contributed by atoms with E-state index in [4.69, 9.17) is 14.2 Å². The molecule has 1 saturated heterocycles. The van der Waals surface area contributed by atoms with E-state index in [1.807, 2.05) is 32.9 Å². The monoisotopic (exact) mass is 1000 g/mol. The van der Waals surface area contributed by atoms with Crippen LogP contribution in [0.4, 0.5) is 9.59 Å². The van der Waals surface area contributed by atoms with Gasteiger partial charge in [0.15, 0.2) is 6.10 Å². The highest BCUT2D eigenvalue weighted by atomic mass is 16.6. The van der Waals surface area contributed by atoms with Gasteiger partial charge in [0.05, 0.1) is 12.1 Å². The van der Waals surface area contributed by atoms with Crippen LogP contribution in [0.15, 0.2) is 71.7 Å². The van der Waals surface area contributed by atoms with Crippen LogP contribution in [-0.2, 0) is 51.1 Å². The highest BCUT2D eigenvalue weighted by Gasteiger charge is 2.40. The van der Waals surface area contributed by atoms with Gasteiger partial charge in [-0.3, -0.25) is 44.4 Å². The number of rotatable bonds is 10. The number of hydrogen-bond acceptors (Lipinski definition) is 13. The van der Waals surface area contributed by atoms with Crippen molar-refractivity contribution < 1.29 is 57.7 Å². The van der Waals surface area contributed by atoms with E-state index >= 15 is 0 Å². The van der Waals surface area contributed by atoms with Gasteiger partial charge in [-0.25, -0.2) is 9.59 Å². The highest BCUT2D eigenvalue weighted by molar-refractivity contribution is 6.01. The lowest BCUT2D eigenvalue weighted by molar-refractivity contribution is -0.142. The molecule has 0 spiro atoms. The molecule has 0 bridgehead atoms. The summed E-state index contributed by atoms with van der Waals surface area (Å²) in [6.07, 6.45) is -0.485. The van der Waals surface area contributed by atoms with Crippen molar-refractivity contribution in [1.29, 1.82) is 0 Å². The number of aliphatic hydroxyl groups is 1. The summed E-state index contributed by atoms with van der Waals surface area (Å²) < 4.78 is 16.6. The van der Waals surface area contributed by atoms with Crippen molar-refractivity contribution in [2.24, 2.45) is 4.99 Å². The summed E-state index contributed by atoms with van der Waals surface area (Å²) in [5, 5.41) is 30.3. The number of aliphatic imine (C=N–C) groups is 1. The number of guanidine groups is 1. The Bertz CT molecular complexity index is 2250. The second-order valence-electron chi connectivity index (χ2n) is 20.7. The topological polar surface area (TPSA) is 284 Å². The molecule has 0 saturated carbocycles. The van der Waals surface area contributed by atoms with E-state index in [0.717, 1.165) is 5.56 Å². The summed E-state index contributed by atoms with van der Waals surface area (Å²) in [7, 11) is 0. The molecule has 1 fully saturated rings. The number of nitrogens with zero attached hydrogens (tertiary/aromatic N) is 2. The summed E-state index contributed by atoms with van der Waals surface area (Å²) >= 11 is 0. The first-order valence-corrected chi connectivity index (χ1v) is 24.1. The summed E-state index contributed by atoms with van der Waals surface area (Å²) in [4.78, 5) is 114. The Morgan fingerprint density at radius 1 is 0.764 bits per heavy atom. The second-order valence-corrected chi connectivity index (χ2v) is 20.7. The van der Waals surface area contributed by atoms with E-state index in [-0.39, 0.29) is 57.7 Å². The Kier molecular flexibility index (Phi) is 20.7. The van der Waals surface area contributed by atoms with Crippen molar-refractivity contribution in [3.05, 3.63) is 77.9 Å². The maximum Gasteiger partial charge on any atom is 0.414 e. The number of aliphatic hydroxyl groups excluding tert-OH is 1. The minimum Gasteiger partial charge on any atom is -0.488 e. The van der Waals surface area contributed by atoms with Crippen molar-refractivity contribution in [1.82, 2.24) is 42.1 Å². The number of nitrogens with one attached hydrogen (secondary N) is 7. The smallest absolute Gasteiger partial charge is 0.414 e. The number of carbonyl (C=O) groups is 8. The summed E-state index contributed by atoms with van der Waals surface area (Å²) in [6, 6.07) is 10.2. The van der Waals surface area contributed by atoms with Crippen LogP contribution in [0.2, 0.25) is 0 Å². The number of ether oxygens (including phenoxy) is 3. The average Bonchev–Trinajstić information content (AvgIpc) is 3.76. The molecule has 21 heteroatoms. The Balaban J connectivity index is 1.72. The third kappa shape index (κ3) is 20.4. The van der Waals surface area contributed by atoms with Crippen LogP contribution in [0.25, 0.3) is 0 Å². The van der Waals surface area contributed by atoms with Gasteiger partial charge in [0.2, 0.25) is 35.5 Å². The minimum atomic E-state index is -1.98. The van der Waals surface area contributed by atoms with Gasteiger partial charge in [-0.1, -0.05) is 48.5 Å². The standard InChI is InChI=1S/C51H73N9O12/c1-31(61)54-38-30-53-40(62)25-22-34(28-33-20-23-35(24-21-33)70-49(2,3)4)55-42(64)37(29-32-16-12-11-13-17-32)57-44(66)41(63)36(56-43(65)39-19-15-27-60(39)45(38)67)18-14-26-52-46(58-47(68)71-50(5,6)7)59-48(69)72-51(8,9)10/h11-13,16-17,20-25,34,36-39,41,63H,14-15,18-19,26-30H2,1-10H3,(H,53,62)(H,54,61)(H,55,64)(H,56,65)(H,57,66)(H2,52,58,59,68,69)/b25-22+/t34-,36+,37-,38+,39+,41?/m1/s1. The molecule has 6 atom stereocenters. The Morgan fingerprint density at radius 2 is 1.38 bits per heavy atom. The number of fused-ring (bicyclic) bond motifs is 1. The number of hydrogen-bond donors (Lipinski definition) is 8. The normalized spacial score (nSPS) is 22.2. The molecule has 394 valence electrons. The number of carbonyl (C=O) groups excluding carboxylic acids is 8. The van der Waals surface area contributed by atoms with E-state index < -0.39 is 101 Å². The highest BCUT2D eigenvalue weighted by Crippen LogP contribution is 2.22. The molecule has 72 heavy (non-hydrogen) atoms. The van der Waals surface area contributed by atoms with E-state index in [1.165, 1.54) is 24.0 Å². The summed E-state index contributed by atoms with van der Waals surface area (Å²) in [6.45, 7) is 16.5. The Labute approximate surface area is 421 Å². The predicted molar refractivity (Wildman–Crippen MR) is 267 cm³/mol. The molecular formula is C51H73N9O12. The first-order chi connectivity index (χ1) is 33.6. The third-order valence-corrected chi connectivity index (χ3v) is 10.7. The molecule has 1 unspecified atom stereocenters. The Hall–Kier alpha value is -7.03. The van der Waals surface area contributed by atoms with Gasteiger partial charge in [0, 0.05) is 39.1 Å². The number of alkyl carbamates (subject to hydrolysis) is 2. The number of amides is 8. The van der Waals surface area contributed by atoms with Crippen LogP contribution in [-0.4, -0.2) is 136 Å². The third-order valence-electron chi connectivity index (χ3n) is 10.7. The second kappa shape index (κ2) is 25.9. The fraction of sp³-hybridized carbons (Fsp3) is 0.549. The van der Waals surface area contributed by atoms with E-state index in [9.17, 15) is 43.5 Å². The van der Waals surface area contributed by atoms with Crippen LogP contribution in [0, 0.1) is 0 Å². The molecule has 8 N–H and O–H groups in total. The van der Waals surface area contributed by atoms with Gasteiger partial charge in [-0.2, -0.15) is 0 Å². The zero-order chi connectivity index (χ0) is 53.4. The molecule has 2 aliphatic heterocycles. The van der Waals surface area contributed by atoms with Gasteiger partial charge >= 0.3 is 12.2 Å². The van der Waals surface area contributed by atoms with Crippen LogP contribution in [0.5, 0.6) is 5.75 Å². The molecule has 0 aromatic heterocycles. The zero-order valence-electron chi connectivity index (χ0n) is 43.0. The lowest BCUT2D eigenvalue weighted by atomic mass is 10.0. The average molecular weight is 1000 g/mol. The largest absolute Gasteiger partial charge is 0.488 e. The van der Waals surface area contributed by atoms with Gasteiger partial charge in [0.1, 0.15) is 40.7 Å². The molecule has 2 aromatic carbocycles. The molecule has 2 aliphatic rings. The Morgan fingerprint density at radius 3 is 1.96 bits per heavy atom. The fourth-order valence-electron chi connectivity index (χ4n) is 7.67. The molecule has 21 nitrogen and oxygen atoms in total. The minimum absolute atomic E-state index is 0.0195. The lowest BCUT2D eigenvalue weighted by Gasteiger charge is -2.31. The van der Waals surface area contributed by atoms with Crippen LogP contribution in [0.3, 0.4) is 0 Å². The molecule has 0 aliphatic carbocycles. The van der Waals surface area contributed by atoms with Crippen molar-refractivity contribution in [2.45, 2.75) is 161 Å². The van der Waals surface area contributed by atoms with Crippen molar-refractivity contribution in [2.75, 3.05) is 19.6 Å². The van der Waals surface area contributed by atoms with E-state index in [0.29, 0.717) is 17.7 Å². The molecule has 2 heterocycles. The first-order valence-electron chi connectivity index (χ1n) is 24.1. The van der Waals surface area contributed by atoms with Crippen molar-refractivity contribution in [3.63, 3.8) is 0 Å². The molecule has 2 aromatic rings. The molecule has 4 rings (SSSR count). The first kappa shape index (κ1) is 57.5. The maximum atomic E-state index is 14.4. The van der Waals surface area contributed by atoms with E-state index in [1.54, 1.807) is 84.0 Å². The van der Waals surface area contributed by atoms with Gasteiger partial charge < -0.3 is 50.8 Å². The van der Waals surface area contributed by atoms with Crippen molar-refractivity contribution in [3.8, 4) is 5.75 Å². The van der Waals surface area contributed by atoms with Gasteiger partial charge in [0.25, 0.3) is 5.91 Å². The predicted octanol–water partition coefficient (Wildman–Crippen LogP) is 2.83. The fourth-order valence-corrected chi connectivity index (χ4v) is 7.67. The van der Waals surface area contributed by atoms with Gasteiger partial charge in [-0.15, -0.1) is 0 Å². The van der Waals surface area contributed by atoms with Crippen LogP contribution < -0.4 is 42.0 Å². The summed E-state index contributed by atoms with van der Waals surface area (Å²) in [5.41, 5.74) is -0.812.